The Balaban J connectivity index is 2.25. The predicted molar refractivity (Wildman–Crippen MR) is 76.7 cm³/mol. The van der Waals surface area contributed by atoms with Crippen LogP contribution in [0.3, 0.4) is 0 Å². The Morgan fingerprint density at radius 2 is 2.15 bits per heavy atom. The van der Waals surface area contributed by atoms with Gasteiger partial charge in [0.05, 0.1) is 14.3 Å². The Kier molecular flexibility index (Phi) is 4.43. The number of nitro benzene ring substituents is 1. The van der Waals surface area contributed by atoms with Crippen LogP contribution in [-0.4, -0.2) is 25.9 Å². The summed E-state index contributed by atoms with van der Waals surface area (Å²) in [5.41, 5.74) is 5.39. The minimum Gasteiger partial charge on any atom is -0.329 e. The van der Waals surface area contributed by atoms with Crippen LogP contribution in [0.4, 0.5) is 5.69 Å². The number of hydrogen-bond acceptors (Lipinski definition) is 5. The summed E-state index contributed by atoms with van der Waals surface area (Å²) >= 11 is 3.01. The third-order valence-electron chi connectivity index (χ3n) is 3.18. The first-order chi connectivity index (χ1) is 9.35. The topological polar surface area (TPSA) is 115 Å². The van der Waals surface area contributed by atoms with Crippen molar-refractivity contribution in [2.24, 2.45) is 11.7 Å². The molecule has 0 spiro atoms. The van der Waals surface area contributed by atoms with Gasteiger partial charge in [-0.2, -0.15) is 0 Å². The zero-order valence-electron chi connectivity index (χ0n) is 10.5. The molecule has 1 aliphatic rings. The van der Waals surface area contributed by atoms with Crippen LogP contribution in [0.1, 0.15) is 12.8 Å². The van der Waals surface area contributed by atoms with E-state index in [1.54, 1.807) is 0 Å². The molecule has 0 heterocycles. The Morgan fingerprint density at radius 1 is 1.50 bits per heavy atom. The molecule has 1 atom stereocenters. The van der Waals surface area contributed by atoms with Gasteiger partial charge in [0.1, 0.15) is 0 Å². The second-order valence-corrected chi connectivity index (χ2v) is 7.24. The molecule has 1 unspecified atom stereocenters. The average Bonchev–Trinajstić information content (AvgIpc) is 3.19. The van der Waals surface area contributed by atoms with Gasteiger partial charge in [0.25, 0.3) is 5.69 Å². The van der Waals surface area contributed by atoms with E-state index in [9.17, 15) is 18.5 Å². The number of nitrogens with zero attached hydrogens (tertiary/aromatic N) is 1. The van der Waals surface area contributed by atoms with Gasteiger partial charge in [-0.1, -0.05) is 0 Å². The molecule has 3 N–H and O–H groups in total. The van der Waals surface area contributed by atoms with Crippen LogP contribution in [0, 0.1) is 16.0 Å². The first kappa shape index (κ1) is 15.4. The summed E-state index contributed by atoms with van der Waals surface area (Å²) in [4.78, 5) is 10.1. The first-order valence-corrected chi connectivity index (χ1v) is 8.29. The molecule has 0 amide bonds. The van der Waals surface area contributed by atoms with Crippen LogP contribution in [0.15, 0.2) is 27.6 Å². The lowest BCUT2D eigenvalue weighted by Crippen LogP contribution is -2.41. The van der Waals surface area contributed by atoms with Gasteiger partial charge in [-0.25, -0.2) is 13.1 Å². The molecule has 0 saturated heterocycles. The van der Waals surface area contributed by atoms with Gasteiger partial charge in [0.2, 0.25) is 10.0 Å². The molecule has 2 rings (SSSR count). The second kappa shape index (κ2) is 5.76. The molecule has 1 aromatic carbocycles. The van der Waals surface area contributed by atoms with E-state index in [-0.39, 0.29) is 33.6 Å². The quantitative estimate of drug-likeness (QED) is 0.584. The summed E-state index contributed by atoms with van der Waals surface area (Å²) in [6.45, 7) is 0.234. The van der Waals surface area contributed by atoms with Gasteiger partial charge in [-0.3, -0.25) is 10.1 Å². The fraction of sp³-hybridized carbons (Fsp3) is 0.455. The van der Waals surface area contributed by atoms with E-state index in [1.807, 2.05) is 0 Å². The highest BCUT2D eigenvalue weighted by Gasteiger charge is 2.33. The van der Waals surface area contributed by atoms with Crippen molar-refractivity contribution >= 4 is 31.6 Å². The van der Waals surface area contributed by atoms with Crippen LogP contribution in [0.5, 0.6) is 0 Å². The number of nitro groups is 1. The SMILES string of the molecule is NCC(NS(=O)(=O)c1ccc([N+](=O)[O-])c(Br)c1)C1CC1. The monoisotopic (exact) mass is 363 g/mol. The summed E-state index contributed by atoms with van der Waals surface area (Å²) in [5.74, 6) is 0.288. The van der Waals surface area contributed by atoms with Crippen molar-refractivity contribution in [1.82, 2.24) is 4.72 Å². The van der Waals surface area contributed by atoms with Crippen molar-refractivity contribution in [3.8, 4) is 0 Å². The van der Waals surface area contributed by atoms with Crippen LogP contribution in [0.25, 0.3) is 0 Å². The highest BCUT2D eigenvalue weighted by Crippen LogP contribution is 2.33. The zero-order valence-corrected chi connectivity index (χ0v) is 12.9. The van der Waals surface area contributed by atoms with E-state index < -0.39 is 14.9 Å². The molecule has 1 aromatic rings. The molecule has 1 fully saturated rings. The standard InChI is InChI=1S/C11H14BrN3O4S/c12-9-5-8(3-4-11(9)15(16)17)20(18,19)14-10(6-13)7-1-2-7/h3-5,7,10,14H,1-2,6,13H2. The molecule has 20 heavy (non-hydrogen) atoms. The van der Waals surface area contributed by atoms with Crippen molar-refractivity contribution in [2.75, 3.05) is 6.54 Å². The lowest BCUT2D eigenvalue weighted by molar-refractivity contribution is -0.385. The third-order valence-corrected chi connectivity index (χ3v) is 5.30. The smallest absolute Gasteiger partial charge is 0.283 e. The molecule has 1 saturated carbocycles. The third kappa shape index (κ3) is 3.35. The summed E-state index contributed by atoms with van der Waals surface area (Å²) in [6.07, 6.45) is 1.93. The van der Waals surface area contributed by atoms with E-state index >= 15 is 0 Å². The number of nitrogens with two attached hydrogens (primary N) is 1. The van der Waals surface area contributed by atoms with Crippen LogP contribution < -0.4 is 10.5 Å². The van der Waals surface area contributed by atoms with E-state index in [0.717, 1.165) is 18.9 Å². The Morgan fingerprint density at radius 3 is 2.60 bits per heavy atom. The fourth-order valence-corrected chi connectivity index (χ4v) is 3.92. The highest BCUT2D eigenvalue weighted by atomic mass is 79.9. The van der Waals surface area contributed by atoms with E-state index in [4.69, 9.17) is 5.73 Å². The Hall–Kier alpha value is -1.03. The number of nitrogens with one attached hydrogen (secondary N) is 1. The first-order valence-electron chi connectivity index (χ1n) is 6.01. The normalized spacial score (nSPS) is 16.9. The van der Waals surface area contributed by atoms with Crippen molar-refractivity contribution in [3.63, 3.8) is 0 Å². The maximum absolute atomic E-state index is 12.2. The van der Waals surface area contributed by atoms with Crippen molar-refractivity contribution < 1.29 is 13.3 Å². The van der Waals surface area contributed by atoms with Crippen LogP contribution in [0.2, 0.25) is 0 Å². The summed E-state index contributed by atoms with van der Waals surface area (Å²) in [5, 5.41) is 10.7. The van der Waals surface area contributed by atoms with Gasteiger partial charge < -0.3 is 5.73 Å². The number of hydrogen-bond donors (Lipinski definition) is 2. The van der Waals surface area contributed by atoms with Crippen molar-refractivity contribution in [2.45, 2.75) is 23.8 Å². The van der Waals surface area contributed by atoms with Gasteiger partial charge >= 0.3 is 0 Å². The summed E-state index contributed by atoms with van der Waals surface area (Å²) < 4.78 is 27.1. The maximum atomic E-state index is 12.2. The number of benzene rings is 1. The number of halogens is 1. The average molecular weight is 364 g/mol. The molecule has 0 bridgehead atoms. The molecule has 7 nitrogen and oxygen atoms in total. The van der Waals surface area contributed by atoms with Crippen molar-refractivity contribution in [1.29, 1.82) is 0 Å². The fourth-order valence-electron chi connectivity index (χ4n) is 1.91. The summed E-state index contributed by atoms with van der Waals surface area (Å²) in [6, 6.07) is 3.31. The lowest BCUT2D eigenvalue weighted by atomic mass is 10.2. The minimum atomic E-state index is -3.72. The Labute approximate surface area is 124 Å². The number of sulfonamides is 1. The van der Waals surface area contributed by atoms with Crippen LogP contribution in [-0.2, 0) is 10.0 Å². The van der Waals surface area contributed by atoms with Crippen molar-refractivity contribution in [3.05, 3.63) is 32.8 Å². The molecule has 0 radical (unpaired) electrons. The maximum Gasteiger partial charge on any atom is 0.283 e. The molecular formula is C11H14BrN3O4S. The van der Waals surface area contributed by atoms with Gasteiger partial charge in [0, 0.05) is 18.7 Å². The zero-order chi connectivity index (χ0) is 14.9. The van der Waals surface area contributed by atoms with E-state index in [0.29, 0.717) is 0 Å². The molecule has 0 aliphatic heterocycles. The Bertz CT molecular complexity index is 631. The molecule has 110 valence electrons. The molecular weight excluding hydrogens is 350 g/mol. The van der Waals surface area contributed by atoms with Crippen LogP contribution >= 0.6 is 15.9 Å². The largest absolute Gasteiger partial charge is 0.329 e. The molecule has 0 aromatic heterocycles. The molecule has 9 heteroatoms. The minimum absolute atomic E-state index is 0.0194. The van der Waals surface area contributed by atoms with Gasteiger partial charge in [-0.15, -0.1) is 0 Å². The van der Waals surface area contributed by atoms with Gasteiger partial charge in [0.15, 0.2) is 0 Å². The molecule has 1 aliphatic carbocycles. The van der Waals surface area contributed by atoms with Gasteiger partial charge in [-0.05, 0) is 46.8 Å². The summed E-state index contributed by atoms with van der Waals surface area (Å²) in [7, 11) is -3.72. The highest BCUT2D eigenvalue weighted by molar-refractivity contribution is 9.10. The predicted octanol–water partition coefficient (Wildman–Crippen LogP) is 1.37. The van der Waals surface area contributed by atoms with E-state index in [1.165, 1.54) is 12.1 Å². The lowest BCUT2D eigenvalue weighted by Gasteiger charge is -2.16. The number of rotatable bonds is 6. The van der Waals surface area contributed by atoms with E-state index in [2.05, 4.69) is 20.7 Å². The second-order valence-electron chi connectivity index (χ2n) is 4.67.